The van der Waals surface area contributed by atoms with Crippen molar-refractivity contribution < 1.29 is 4.79 Å². The largest absolute Gasteiger partial charge is 0.271 e. The lowest BCUT2D eigenvalue weighted by Gasteiger charge is -2.13. The van der Waals surface area contributed by atoms with Gasteiger partial charge in [-0.15, -0.1) is 11.3 Å². The molecule has 0 radical (unpaired) electrons. The van der Waals surface area contributed by atoms with Crippen molar-refractivity contribution in [3.63, 3.8) is 0 Å². The number of benzene rings is 3. The van der Waals surface area contributed by atoms with Crippen LogP contribution in [0.3, 0.4) is 0 Å². The number of anilines is 1. The van der Waals surface area contributed by atoms with E-state index in [0.29, 0.717) is 0 Å². The van der Waals surface area contributed by atoms with Crippen LogP contribution >= 0.6 is 23.1 Å². The number of aryl methyl sites for hydroxylation is 1. The number of para-hydroxylation sites is 1. The highest BCUT2D eigenvalue weighted by molar-refractivity contribution is 8.03. The van der Waals surface area contributed by atoms with Crippen LogP contribution in [0.25, 0.3) is 11.3 Å². The van der Waals surface area contributed by atoms with Gasteiger partial charge < -0.3 is 0 Å². The van der Waals surface area contributed by atoms with Gasteiger partial charge in [-0.05, 0) is 24.6 Å². The Kier molecular flexibility index (Phi) is 5.40. The fourth-order valence-electron chi connectivity index (χ4n) is 3.39. The Bertz CT molecular complexity index is 1230. The third kappa shape index (κ3) is 4.04. The number of thiazole rings is 1. The van der Waals surface area contributed by atoms with Crippen molar-refractivity contribution in [3.8, 4) is 11.3 Å². The molecule has 0 aliphatic carbocycles. The average Bonchev–Trinajstić information content (AvgIpc) is 3.41. The quantitative estimate of drug-likeness (QED) is 0.380. The summed E-state index contributed by atoms with van der Waals surface area (Å²) in [7, 11) is 0. The number of rotatable bonds is 5. The summed E-state index contributed by atoms with van der Waals surface area (Å²) in [6.07, 6.45) is 0. The van der Waals surface area contributed by atoms with E-state index < -0.39 is 5.25 Å². The van der Waals surface area contributed by atoms with Gasteiger partial charge in [0.05, 0.1) is 17.1 Å². The van der Waals surface area contributed by atoms with Crippen molar-refractivity contribution in [3.05, 3.63) is 101 Å². The third-order valence-electron chi connectivity index (χ3n) is 5.01. The first-order valence-corrected chi connectivity index (χ1v) is 11.7. The van der Waals surface area contributed by atoms with Gasteiger partial charge in [0.2, 0.25) is 0 Å². The topological polar surface area (TPSA) is 45.6 Å². The summed E-state index contributed by atoms with van der Waals surface area (Å²) in [5, 5.41) is 7.82. The van der Waals surface area contributed by atoms with Crippen LogP contribution in [0.5, 0.6) is 0 Å². The van der Waals surface area contributed by atoms with Crippen LogP contribution in [-0.2, 0) is 4.79 Å². The Morgan fingerprint density at radius 2 is 1.55 bits per heavy atom. The van der Waals surface area contributed by atoms with Crippen molar-refractivity contribution in [2.24, 2.45) is 5.10 Å². The predicted octanol–water partition coefficient (Wildman–Crippen LogP) is 6.03. The molecule has 3 aromatic carbocycles. The number of hydrogen-bond donors (Lipinski definition) is 0. The molecule has 1 aromatic heterocycles. The summed E-state index contributed by atoms with van der Waals surface area (Å²) in [5.41, 5.74) is 5.69. The maximum atomic E-state index is 13.4. The van der Waals surface area contributed by atoms with E-state index in [2.05, 4.69) is 31.2 Å². The molecule has 0 spiro atoms. The zero-order chi connectivity index (χ0) is 21.2. The molecule has 152 valence electrons. The minimum atomic E-state index is -0.445. The zero-order valence-corrected chi connectivity index (χ0v) is 18.4. The molecule has 2 heterocycles. The van der Waals surface area contributed by atoms with Crippen molar-refractivity contribution in [1.82, 2.24) is 4.98 Å². The Balaban J connectivity index is 1.46. The van der Waals surface area contributed by atoms with E-state index in [0.717, 1.165) is 32.6 Å². The van der Waals surface area contributed by atoms with Crippen molar-refractivity contribution in [2.45, 2.75) is 16.5 Å². The van der Waals surface area contributed by atoms with Crippen molar-refractivity contribution in [2.75, 3.05) is 5.01 Å². The summed E-state index contributed by atoms with van der Waals surface area (Å²) >= 11 is 3.02. The van der Waals surface area contributed by atoms with Gasteiger partial charge in [0.25, 0.3) is 5.91 Å². The number of nitrogens with zero attached hydrogens (tertiary/aromatic N) is 3. The molecule has 1 atom stereocenters. The Morgan fingerprint density at radius 3 is 2.26 bits per heavy atom. The maximum absolute atomic E-state index is 13.4. The summed E-state index contributed by atoms with van der Waals surface area (Å²) in [6.45, 7) is 2.07. The van der Waals surface area contributed by atoms with E-state index in [-0.39, 0.29) is 5.91 Å². The SMILES string of the molecule is Cc1ccc(-c2csc(S[C@@H]3C(=O)N(c4ccccc4)N=C3c3ccccc3)n2)cc1. The summed E-state index contributed by atoms with van der Waals surface area (Å²) < 4.78 is 0.854. The number of carbonyl (C=O) groups is 1. The summed E-state index contributed by atoms with van der Waals surface area (Å²) in [6, 6.07) is 27.8. The van der Waals surface area contributed by atoms with Crippen LogP contribution in [0.2, 0.25) is 0 Å². The number of carbonyl (C=O) groups excluding carboxylic acids is 1. The fourth-order valence-corrected chi connectivity index (χ4v) is 5.44. The van der Waals surface area contributed by atoms with E-state index in [4.69, 9.17) is 10.1 Å². The van der Waals surface area contributed by atoms with Gasteiger partial charge in [-0.25, -0.2) is 4.98 Å². The van der Waals surface area contributed by atoms with Crippen LogP contribution in [-0.4, -0.2) is 21.9 Å². The van der Waals surface area contributed by atoms with Gasteiger partial charge in [-0.3, -0.25) is 4.79 Å². The van der Waals surface area contributed by atoms with Gasteiger partial charge >= 0.3 is 0 Å². The van der Waals surface area contributed by atoms with Gasteiger partial charge in [0.15, 0.2) is 4.34 Å². The molecule has 1 aliphatic heterocycles. The first-order chi connectivity index (χ1) is 15.2. The van der Waals surface area contributed by atoms with Gasteiger partial charge in [0.1, 0.15) is 5.25 Å². The first kappa shape index (κ1) is 19.7. The lowest BCUT2D eigenvalue weighted by molar-refractivity contribution is -0.116. The number of hydrazone groups is 1. The van der Waals surface area contributed by atoms with Crippen LogP contribution < -0.4 is 5.01 Å². The summed E-state index contributed by atoms with van der Waals surface area (Å²) in [5.74, 6) is -0.0536. The molecule has 0 saturated carbocycles. The highest BCUT2D eigenvalue weighted by Crippen LogP contribution is 2.36. The standard InChI is InChI=1S/C25H19N3OS2/c1-17-12-14-18(15-13-17)21-16-30-25(26-21)31-23-22(19-8-4-2-5-9-19)27-28(24(23)29)20-10-6-3-7-11-20/h2-16,23H,1H3/t23-/m0/s1. The van der Waals surface area contributed by atoms with Gasteiger partial charge in [0, 0.05) is 10.9 Å². The Hall–Kier alpha value is -3.22. The Morgan fingerprint density at radius 1 is 0.871 bits per heavy atom. The fraction of sp³-hybridized carbons (Fsp3) is 0.0800. The lowest BCUT2D eigenvalue weighted by atomic mass is 10.1. The van der Waals surface area contributed by atoms with E-state index in [1.165, 1.54) is 22.3 Å². The molecule has 0 bridgehead atoms. The van der Waals surface area contributed by atoms with E-state index >= 15 is 0 Å². The predicted molar refractivity (Wildman–Crippen MR) is 129 cm³/mol. The Labute approximate surface area is 189 Å². The normalized spacial score (nSPS) is 15.9. The monoisotopic (exact) mass is 441 g/mol. The molecule has 5 rings (SSSR count). The third-order valence-corrected chi connectivity index (χ3v) is 7.17. The van der Waals surface area contributed by atoms with E-state index in [9.17, 15) is 4.79 Å². The van der Waals surface area contributed by atoms with E-state index in [1.54, 1.807) is 11.3 Å². The highest BCUT2D eigenvalue weighted by Gasteiger charge is 2.38. The number of aromatic nitrogens is 1. The van der Waals surface area contributed by atoms with Gasteiger partial charge in [-0.1, -0.05) is 90.1 Å². The second-order valence-corrected chi connectivity index (χ2v) is 9.41. The van der Waals surface area contributed by atoms with Crippen molar-refractivity contribution in [1.29, 1.82) is 0 Å². The smallest absolute Gasteiger partial charge is 0.267 e. The molecule has 1 aliphatic rings. The molecule has 31 heavy (non-hydrogen) atoms. The number of amides is 1. The molecule has 6 heteroatoms. The molecule has 4 nitrogen and oxygen atoms in total. The van der Waals surface area contributed by atoms with E-state index in [1.807, 2.05) is 66.0 Å². The number of hydrogen-bond acceptors (Lipinski definition) is 5. The average molecular weight is 442 g/mol. The maximum Gasteiger partial charge on any atom is 0.267 e. The lowest BCUT2D eigenvalue weighted by Crippen LogP contribution is -2.29. The molecule has 4 aromatic rings. The zero-order valence-electron chi connectivity index (χ0n) is 16.8. The molecule has 0 N–H and O–H groups in total. The minimum absolute atomic E-state index is 0.0536. The van der Waals surface area contributed by atoms with Crippen LogP contribution in [0, 0.1) is 6.92 Å². The van der Waals surface area contributed by atoms with Crippen LogP contribution in [0.15, 0.2) is 99.8 Å². The second-order valence-electron chi connectivity index (χ2n) is 7.20. The minimum Gasteiger partial charge on any atom is -0.271 e. The molecular weight excluding hydrogens is 422 g/mol. The molecule has 0 unspecified atom stereocenters. The van der Waals surface area contributed by atoms with Crippen LogP contribution in [0.4, 0.5) is 5.69 Å². The summed E-state index contributed by atoms with van der Waals surface area (Å²) in [4.78, 5) is 18.2. The molecular formula is C25H19N3OS2. The first-order valence-electron chi connectivity index (χ1n) is 9.91. The highest BCUT2D eigenvalue weighted by atomic mass is 32.2. The van der Waals surface area contributed by atoms with Gasteiger partial charge in [-0.2, -0.15) is 10.1 Å². The second kappa shape index (κ2) is 8.49. The number of thioether (sulfide) groups is 1. The molecule has 0 saturated heterocycles. The molecule has 1 amide bonds. The molecule has 0 fully saturated rings. The van der Waals surface area contributed by atoms with Crippen molar-refractivity contribution >= 4 is 40.4 Å². The van der Waals surface area contributed by atoms with Crippen LogP contribution in [0.1, 0.15) is 11.1 Å².